The molecule has 0 bridgehead atoms. The van der Waals surface area contributed by atoms with Gasteiger partial charge in [0.1, 0.15) is 6.10 Å². The van der Waals surface area contributed by atoms with Crippen LogP contribution in [0.1, 0.15) is 200 Å². The van der Waals surface area contributed by atoms with Crippen molar-refractivity contribution in [3.8, 4) is 0 Å². The van der Waals surface area contributed by atoms with Crippen LogP contribution in [0.2, 0.25) is 0 Å². The lowest BCUT2D eigenvalue weighted by Crippen LogP contribution is -2.50. The molecule has 3 unspecified atom stereocenters. The van der Waals surface area contributed by atoms with Crippen molar-refractivity contribution in [2.24, 2.45) is 0 Å². The lowest BCUT2D eigenvalue weighted by molar-refractivity contribution is -0.124. The predicted molar refractivity (Wildman–Crippen MR) is 204 cm³/mol. The van der Waals surface area contributed by atoms with Crippen molar-refractivity contribution in [3.05, 3.63) is 36.5 Å². The van der Waals surface area contributed by atoms with E-state index in [-0.39, 0.29) is 12.5 Å². The fraction of sp³-hybridized carbons (Fsp3) is 0.833. The molecule has 0 aliphatic rings. The second-order valence-electron chi connectivity index (χ2n) is 13.9. The summed E-state index contributed by atoms with van der Waals surface area (Å²) in [6, 6.07) is -0.826. The minimum absolute atomic E-state index is 0.160. The van der Waals surface area contributed by atoms with E-state index < -0.39 is 18.2 Å². The zero-order valence-corrected chi connectivity index (χ0v) is 31.2. The first-order chi connectivity index (χ1) is 23.1. The van der Waals surface area contributed by atoms with Crippen molar-refractivity contribution in [2.45, 2.75) is 218 Å². The molecule has 0 aromatic carbocycles. The Balaban J connectivity index is 3.70. The predicted octanol–water partition coefficient (Wildman–Crippen LogP) is 11.2. The zero-order valence-electron chi connectivity index (χ0n) is 31.2. The number of carbonyl (C=O) groups is 1. The van der Waals surface area contributed by atoms with Crippen LogP contribution < -0.4 is 5.32 Å². The van der Waals surface area contributed by atoms with Crippen molar-refractivity contribution in [1.82, 2.24) is 5.32 Å². The summed E-state index contributed by atoms with van der Waals surface area (Å²) < 4.78 is 0. The second kappa shape index (κ2) is 37.4. The molecule has 0 aliphatic carbocycles. The molecule has 0 rings (SSSR count). The first-order valence-electron chi connectivity index (χ1n) is 20.3. The molecule has 4 N–H and O–H groups in total. The molecule has 0 aromatic rings. The number of rotatable bonds is 36. The molecular weight excluding hydrogens is 582 g/mol. The Morgan fingerprint density at radius 1 is 0.532 bits per heavy atom. The van der Waals surface area contributed by atoms with E-state index in [1.165, 1.54) is 135 Å². The highest BCUT2D eigenvalue weighted by Gasteiger charge is 2.26. The molecule has 5 heteroatoms. The topological polar surface area (TPSA) is 89.8 Å². The Hall–Kier alpha value is -1.43. The standard InChI is InChI=1S/C42H79NO4/c1-3-5-7-9-11-13-15-17-19-20-21-22-23-25-27-29-31-33-35-37-41(46)43-39(38-44)42(47)40(45)36-34-32-30-28-26-24-18-16-14-12-10-8-6-4-2/h11,13,15,17,28,30,39-40,42,44-45,47H,3-10,12,14,16,18-27,29,31-38H2,1-2H3,(H,43,46)/b13-11-,17-15-,30-28+. The van der Waals surface area contributed by atoms with Gasteiger partial charge in [-0.25, -0.2) is 0 Å². The number of nitrogens with one attached hydrogen (secondary N) is 1. The summed E-state index contributed by atoms with van der Waals surface area (Å²) in [5.74, 6) is -0.160. The van der Waals surface area contributed by atoms with Crippen molar-refractivity contribution in [1.29, 1.82) is 0 Å². The van der Waals surface area contributed by atoms with Crippen LogP contribution >= 0.6 is 0 Å². The van der Waals surface area contributed by atoms with Crippen LogP contribution in [-0.2, 0) is 4.79 Å². The SMILES string of the molecule is CCCCC/C=C\C=C/CCCCCCCCCCCCC(=O)NC(CO)C(O)C(O)CCC/C=C/CCCCCCCCCCC. The van der Waals surface area contributed by atoms with Gasteiger partial charge in [0.15, 0.2) is 0 Å². The maximum absolute atomic E-state index is 12.4. The number of allylic oxidation sites excluding steroid dienone is 6. The average Bonchev–Trinajstić information content (AvgIpc) is 3.07. The zero-order chi connectivity index (χ0) is 34.5. The molecule has 276 valence electrons. The Bertz CT molecular complexity index is 734. The highest BCUT2D eigenvalue weighted by Crippen LogP contribution is 2.14. The Morgan fingerprint density at radius 2 is 0.915 bits per heavy atom. The van der Waals surface area contributed by atoms with Crippen LogP contribution in [0.25, 0.3) is 0 Å². The molecule has 0 radical (unpaired) electrons. The third-order valence-corrected chi connectivity index (χ3v) is 9.24. The summed E-state index contributed by atoms with van der Waals surface area (Å²) in [7, 11) is 0. The van der Waals surface area contributed by atoms with E-state index in [0.29, 0.717) is 12.8 Å². The minimum atomic E-state index is -1.16. The maximum atomic E-state index is 12.4. The van der Waals surface area contributed by atoms with Crippen LogP contribution in [0.4, 0.5) is 0 Å². The van der Waals surface area contributed by atoms with E-state index in [1.54, 1.807) is 0 Å². The van der Waals surface area contributed by atoms with Gasteiger partial charge in [-0.2, -0.15) is 0 Å². The Morgan fingerprint density at radius 3 is 1.40 bits per heavy atom. The maximum Gasteiger partial charge on any atom is 0.220 e. The molecule has 0 spiro atoms. The highest BCUT2D eigenvalue weighted by molar-refractivity contribution is 5.76. The highest BCUT2D eigenvalue weighted by atomic mass is 16.3. The summed E-state index contributed by atoms with van der Waals surface area (Å²) in [4.78, 5) is 12.4. The number of hydrogen-bond donors (Lipinski definition) is 4. The molecule has 0 aliphatic heterocycles. The minimum Gasteiger partial charge on any atom is -0.394 e. The lowest BCUT2D eigenvalue weighted by Gasteiger charge is -2.26. The first kappa shape index (κ1) is 45.6. The molecule has 5 nitrogen and oxygen atoms in total. The second-order valence-corrected chi connectivity index (χ2v) is 13.9. The van der Waals surface area contributed by atoms with Crippen molar-refractivity contribution >= 4 is 5.91 Å². The normalized spacial score (nSPS) is 14.1. The molecule has 0 saturated heterocycles. The van der Waals surface area contributed by atoms with Crippen molar-refractivity contribution < 1.29 is 20.1 Å². The summed E-state index contributed by atoms with van der Waals surface area (Å²) >= 11 is 0. The molecule has 47 heavy (non-hydrogen) atoms. The lowest BCUT2D eigenvalue weighted by atomic mass is 10.0. The van der Waals surface area contributed by atoms with Gasteiger partial charge in [0, 0.05) is 6.42 Å². The van der Waals surface area contributed by atoms with Crippen LogP contribution in [-0.4, -0.2) is 46.1 Å². The van der Waals surface area contributed by atoms with E-state index in [0.717, 1.165) is 38.5 Å². The largest absolute Gasteiger partial charge is 0.394 e. The van der Waals surface area contributed by atoms with Gasteiger partial charge < -0.3 is 20.6 Å². The number of amides is 1. The number of carbonyl (C=O) groups excluding carboxylic acids is 1. The van der Waals surface area contributed by atoms with E-state index in [9.17, 15) is 20.1 Å². The molecule has 1 amide bonds. The van der Waals surface area contributed by atoms with Gasteiger partial charge >= 0.3 is 0 Å². The van der Waals surface area contributed by atoms with E-state index >= 15 is 0 Å². The first-order valence-corrected chi connectivity index (χ1v) is 20.3. The number of aliphatic hydroxyl groups is 3. The quantitative estimate of drug-likeness (QED) is 0.0305. The van der Waals surface area contributed by atoms with E-state index in [4.69, 9.17) is 0 Å². The van der Waals surface area contributed by atoms with Crippen molar-refractivity contribution in [2.75, 3.05) is 6.61 Å². The summed E-state index contributed by atoms with van der Waals surface area (Å²) in [5.41, 5.74) is 0. The monoisotopic (exact) mass is 662 g/mol. The summed E-state index contributed by atoms with van der Waals surface area (Å²) in [6.45, 7) is 4.12. The van der Waals surface area contributed by atoms with Gasteiger partial charge in [0.05, 0.1) is 18.8 Å². The Kier molecular flexibility index (Phi) is 36.3. The van der Waals surface area contributed by atoms with Crippen LogP contribution in [0.15, 0.2) is 36.5 Å². The van der Waals surface area contributed by atoms with Gasteiger partial charge in [-0.05, 0) is 64.2 Å². The van der Waals surface area contributed by atoms with Gasteiger partial charge in [0.2, 0.25) is 5.91 Å². The molecule has 0 heterocycles. The fourth-order valence-electron chi connectivity index (χ4n) is 6.03. The van der Waals surface area contributed by atoms with Gasteiger partial charge in [-0.3, -0.25) is 4.79 Å². The molecule has 0 fully saturated rings. The molecule has 3 atom stereocenters. The number of aliphatic hydroxyl groups excluding tert-OH is 3. The third-order valence-electron chi connectivity index (χ3n) is 9.24. The van der Waals surface area contributed by atoms with Crippen LogP contribution in [0.5, 0.6) is 0 Å². The molecule has 0 saturated carbocycles. The van der Waals surface area contributed by atoms with Crippen LogP contribution in [0, 0.1) is 0 Å². The average molecular weight is 662 g/mol. The Labute approximate surface area is 292 Å². The van der Waals surface area contributed by atoms with E-state index in [1.807, 2.05) is 0 Å². The van der Waals surface area contributed by atoms with Gasteiger partial charge in [-0.15, -0.1) is 0 Å². The van der Waals surface area contributed by atoms with Gasteiger partial charge in [-0.1, -0.05) is 166 Å². The molecular formula is C42H79NO4. The van der Waals surface area contributed by atoms with Gasteiger partial charge in [0.25, 0.3) is 0 Å². The van der Waals surface area contributed by atoms with E-state index in [2.05, 4.69) is 55.6 Å². The summed E-state index contributed by atoms with van der Waals surface area (Å²) in [6.07, 6.45) is 45.2. The summed E-state index contributed by atoms with van der Waals surface area (Å²) in [5, 5.41) is 33.4. The fourth-order valence-corrected chi connectivity index (χ4v) is 6.03. The third kappa shape index (κ3) is 32.9. The van der Waals surface area contributed by atoms with Crippen molar-refractivity contribution in [3.63, 3.8) is 0 Å². The number of unbranched alkanes of at least 4 members (excludes halogenated alkanes) is 23. The molecule has 0 aromatic heterocycles. The van der Waals surface area contributed by atoms with Crippen LogP contribution in [0.3, 0.4) is 0 Å². The smallest absolute Gasteiger partial charge is 0.220 e. The number of hydrogen-bond acceptors (Lipinski definition) is 4.